The van der Waals surface area contributed by atoms with Crippen molar-refractivity contribution in [3.63, 3.8) is 0 Å². The van der Waals surface area contributed by atoms with Gasteiger partial charge in [0.2, 0.25) is 0 Å². The number of nitrogen functional groups attached to an aromatic ring is 1. The van der Waals surface area contributed by atoms with E-state index in [1.54, 1.807) is 0 Å². The maximum absolute atomic E-state index is 11.3. The largest absolute Gasteiger partial charge is 0.477 e. The Balaban J connectivity index is 2.59. The van der Waals surface area contributed by atoms with Gasteiger partial charge in [0.05, 0.1) is 5.69 Å². The van der Waals surface area contributed by atoms with Crippen LogP contribution in [0.2, 0.25) is 0 Å². The predicted octanol–water partition coefficient (Wildman–Crippen LogP) is 2.57. The molecule has 1 heterocycles. The lowest BCUT2D eigenvalue weighted by molar-refractivity contribution is 0.0694. The van der Waals surface area contributed by atoms with Crippen molar-refractivity contribution in [2.75, 3.05) is 11.5 Å². The lowest BCUT2D eigenvalue weighted by Crippen LogP contribution is -2.05. The number of rotatable bonds is 4. The van der Waals surface area contributed by atoms with Crippen molar-refractivity contribution in [3.8, 4) is 5.69 Å². The highest BCUT2D eigenvalue weighted by Gasteiger charge is 2.22. The first-order valence-corrected chi connectivity index (χ1v) is 6.84. The van der Waals surface area contributed by atoms with Crippen LogP contribution in [0.4, 0.5) is 5.82 Å². The number of aromatic nitrogens is 2. The first kappa shape index (κ1) is 13.5. The number of aryl methyl sites for hydroxylation is 1. The SMILES string of the molecule is CCSc1nn(-c2cccc(C)c2)c(N)c1C(=O)O. The molecule has 0 amide bonds. The second-order valence-corrected chi connectivity index (χ2v) is 5.31. The molecule has 3 N–H and O–H groups in total. The standard InChI is InChI=1S/C13H15N3O2S/c1-3-19-12-10(13(17)18)11(14)16(15-12)9-6-4-5-8(2)7-9/h4-7H,3,14H2,1-2H3,(H,17,18). The normalized spacial score (nSPS) is 10.6. The van der Waals surface area contributed by atoms with Gasteiger partial charge in [-0.25, -0.2) is 9.48 Å². The molecule has 0 radical (unpaired) electrons. The Bertz CT molecular complexity index is 622. The van der Waals surface area contributed by atoms with Crippen LogP contribution in [0.5, 0.6) is 0 Å². The van der Waals surface area contributed by atoms with Gasteiger partial charge in [-0.1, -0.05) is 19.1 Å². The van der Waals surface area contributed by atoms with Crippen molar-refractivity contribution in [1.82, 2.24) is 9.78 Å². The van der Waals surface area contributed by atoms with Gasteiger partial charge in [0, 0.05) is 0 Å². The van der Waals surface area contributed by atoms with Crippen LogP contribution in [0, 0.1) is 6.92 Å². The lowest BCUT2D eigenvalue weighted by Gasteiger charge is -2.04. The Kier molecular flexibility index (Phi) is 3.80. The van der Waals surface area contributed by atoms with Gasteiger partial charge in [-0.3, -0.25) is 0 Å². The Morgan fingerprint density at radius 3 is 2.84 bits per heavy atom. The van der Waals surface area contributed by atoms with Gasteiger partial charge >= 0.3 is 5.97 Å². The van der Waals surface area contributed by atoms with Crippen LogP contribution in [-0.4, -0.2) is 26.6 Å². The average Bonchev–Trinajstić information content (AvgIpc) is 2.67. The van der Waals surface area contributed by atoms with Gasteiger partial charge in [-0.05, 0) is 30.4 Å². The molecule has 0 saturated heterocycles. The molecule has 0 spiro atoms. The molecule has 6 heteroatoms. The van der Waals surface area contributed by atoms with Crippen molar-refractivity contribution in [2.45, 2.75) is 18.9 Å². The van der Waals surface area contributed by atoms with Crippen LogP contribution in [-0.2, 0) is 0 Å². The minimum absolute atomic E-state index is 0.0772. The third-order valence-corrected chi connectivity index (χ3v) is 3.48. The molecule has 0 aliphatic carbocycles. The Labute approximate surface area is 115 Å². The summed E-state index contributed by atoms with van der Waals surface area (Å²) in [5.74, 6) is -0.147. The second-order valence-electron chi connectivity index (χ2n) is 4.05. The summed E-state index contributed by atoms with van der Waals surface area (Å²) in [7, 11) is 0. The number of aromatic carboxylic acids is 1. The fourth-order valence-corrected chi connectivity index (χ4v) is 2.55. The highest BCUT2D eigenvalue weighted by molar-refractivity contribution is 7.99. The predicted molar refractivity (Wildman–Crippen MR) is 76.1 cm³/mol. The number of benzene rings is 1. The highest BCUT2D eigenvalue weighted by atomic mass is 32.2. The number of carbonyl (C=O) groups is 1. The third kappa shape index (κ3) is 2.58. The zero-order valence-electron chi connectivity index (χ0n) is 10.8. The lowest BCUT2D eigenvalue weighted by atomic mass is 10.2. The Hall–Kier alpha value is -1.95. The van der Waals surface area contributed by atoms with Gasteiger partial charge in [-0.15, -0.1) is 11.8 Å². The summed E-state index contributed by atoms with van der Waals surface area (Å²) >= 11 is 1.37. The van der Waals surface area contributed by atoms with E-state index in [1.165, 1.54) is 16.4 Å². The van der Waals surface area contributed by atoms with E-state index in [9.17, 15) is 9.90 Å². The fraction of sp³-hybridized carbons (Fsp3) is 0.231. The van der Waals surface area contributed by atoms with Crippen molar-refractivity contribution < 1.29 is 9.90 Å². The molecule has 19 heavy (non-hydrogen) atoms. The van der Waals surface area contributed by atoms with E-state index >= 15 is 0 Å². The Morgan fingerprint density at radius 1 is 1.53 bits per heavy atom. The van der Waals surface area contributed by atoms with Crippen LogP contribution in [0.1, 0.15) is 22.8 Å². The zero-order valence-corrected chi connectivity index (χ0v) is 11.6. The van der Waals surface area contributed by atoms with E-state index in [1.807, 2.05) is 38.1 Å². The summed E-state index contributed by atoms with van der Waals surface area (Å²) < 4.78 is 1.48. The quantitative estimate of drug-likeness (QED) is 0.839. The summed E-state index contributed by atoms with van der Waals surface area (Å²) in [6.45, 7) is 3.90. The van der Waals surface area contributed by atoms with E-state index in [2.05, 4.69) is 5.10 Å². The molecule has 1 aromatic heterocycles. The van der Waals surface area contributed by atoms with Crippen LogP contribution >= 0.6 is 11.8 Å². The number of nitrogens with two attached hydrogens (primary N) is 1. The minimum Gasteiger partial charge on any atom is -0.477 e. The summed E-state index contributed by atoms with van der Waals surface area (Å²) in [4.78, 5) is 11.3. The fourth-order valence-electron chi connectivity index (χ4n) is 1.81. The van der Waals surface area contributed by atoms with Crippen LogP contribution in [0.3, 0.4) is 0 Å². The summed E-state index contributed by atoms with van der Waals surface area (Å²) in [5.41, 5.74) is 7.83. The van der Waals surface area contributed by atoms with Gasteiger partial charge < -0.3 is 10.8 Å². The molecule has 0 bridgehead atoms. The number of carboxylic acids is 1. The van der Waals surface area contributed by atoms with E-state index in [4.69, 9.17) is 5.73 Å². The minimum atomic E-state index is -1.05. The molecular formula is C13H15N3O2S. The smallest absolute Gasteiger partial charge is 0.342 e. The number of thioether (sulfide) groups is 1. The van der Waals surface area contributed by atoms with Gasteiger partial charge in [0.1, 0.15) is 16.4 Å². The first-order valence-electron chi connectivity index (χ1n) is 5.86. The summed E-state index contributed by atoms with van der Waals surface area (Å²) in [5, 5.41) is 14.0. The van der Waals surface area contributed by atoms with Crippen molar-refractivity contribution in [2.24, 2.45) is 0 Å². The van der Waals surface area contributed by atoms with Crippen LogP contribution < -0.4 is 5.73 Å². The molecule has 0 aliphatic heterocycles. The molecule has 2 aromatic rings. The van der Waals surface area contributed by atoms with E-state index in [0.717, 1.165) is 17.0 Å². The molecule has 0 atom stereocenters. The second kappa shape index (κ2) is 5.36. The number of hydrogen-bond donors (Lipinski definition) is 2. The molecule has 0 aliphatic rings. The topological polar surface area (TPSA) is 81.1 Å². The van der Waals surface area contributed by atoms with Crippen LogP contribution in [0.25, 0.3) is 5.69 Å². The monoisotopic (exact) mass is 277 g/mol. The molecule has 2 rings (SSSR count). The molecular weight excluding hydrogens is 262 g/mol. The van der Waals surface area contributed by atoms with Crippen molar-refractivity contribution in [3.05, 3.63) is 35.4 Å². The number of anilines is 1. The average molecular weight is 277 g/mol. The molecule has 5 nitrogen and oxygen atoms in total. The number of carboxylic acid groups (broad SMARTS) is 1. The number of hydrogen-bond acceptors (Lipinski definition) is 4. The van der Waals surface area contributed by atoms with E-state index in [-0.39, 0.29) is 11.4 Å². The summed E-state index contributed by atoms with van der Waals surface area (Å²) in [6, 6.07) is 7.61. The molecule has 0 saturated carbocycles. The van der Waals surface area contributed by atoms with Crippen LogP contribution in [0.15, 0.2) is 29.3 Å². The molecule has 0 fully saturated rings. The van der Waals surface area contributed by atoms with Crippen molar-refractivity contribution in [1.29, 1.82) is 0 Å². The third-order valence-electron chi connectivity index (χ3n) is 2.63. The molecule has 1 aromatic carbocycles. The zero-order chi connectivity index (χ0) is 14.0. The van der Waals surface area contributed by atoms with Gasteiger partial charge in [-0.2, -0.15) is 5.10 Å². The number of nitrogens with zero attached hydrogens (tertiary/aromatic N) is 2. The molecule has 0 unspecified atom stereocenters. The Morgan fingerprint density at radius 2 is 2.26 bits per heavy atom. The first-order chi connectivity index (χ1) is 9.04. The maximum atomic E-state index is 11.3. The van der Waals surface area contributed by atoms with E-state index < -0.39 is 5.97 Å². The maximum Gasteiger partial charge on any atom is 0.342 e. The summed E-state index contributed by atoms with van der Waals surface area (Å²) in [6.07, 6.45) is 0. The van der Waals surface area contributed by atoms with Gasteiger partial charge in [0.15, 0.2) is 0 Å². The van der Waals surface area contributed by atoms with Gasteiger partial charge in [0.25, 0.3) is 0 Å². The van der Waals surface area contributed by atoms with E-state index in [0.29, 0.717) is 5.03 Å². The highest BCUT2D eigenvalue weighted by Crippen LogP contribution is 2.28. The molecule has 100 valence electrons. The van der Waals surface area contributed by atoms with Crippen molar-refractivity contribution >= 4 is 23.5 Å².